The van der Waals surface area contributed by atoms with Crippen molar-refractivity contribution in [2.45, 2.75) is 33.3 Å². The summed E-state index contributed by atoms with van der Waals surface area (Å²) in [6, 6.07) is 0. The third kappa shape index (κ3) is 1.42. The third-order valence-electron chi connectivity index (χ3n) is 3.29. The first-order valence-electron chi connectivity index (χ1n) is 4.37. The zero-order valence-electron chi connectivity index (χ0n) is 7.63. The first-order chi connectivity index (χ1) is 5.11. The van der Waals surface area contributed by atoms with Gasteiger partial charge in [0.05, 0.1) is 12.7 Å². The predicted octanol–water partition coefficient (Wildman–Crippen LogP) is 1.43. The predicted molar refractivity (Wildman–Crippen MR) is 44.4 cm³/mol. The van der Waals surface area contributed by atoms with Gasteiger partial charge in [-0.05, 0) is 12.3 Å². The second-order valence-electron chi connectivity index (χ2n) is 3.81. The molecule has 1 aliphatic heterocycles. The molecular formula is C9H18O2. The molecule has 1 rings (SSSR count). The van der Waals surface area contributed by atoms with Crippen molar-refractivity contribution < 1.29 is 9.84 Å². The van der Waals surface area contributed by atoms with E-state index in [1.807, 2.05) is 0 Å². The topological polar surface area (TPSA) is 29.5 Å². The summed E-state index contributed by atoms with van der Waals surface area (Å²) in [5, 5.41) is 9.67. The highest BCUT2D eigenvalue weighted by molar-refractivity contribution is 4.88. The van der Waals surface area contributed by atoms with E-state index in [1.54, 1.807) is 0 Å². The van der Waals surface area contributed by atoms with Gasteiger partial charge in [0.1, 0.15) is 0 Å². The van der Waals surface area contributed by atoms with E-state index in [9.17, 15) is 5.11 Å². The average Bonchev–Trinajstić information content (AvgIpc) is 2.00. The van der Waals surface area contributed by atoms with Crippen molar-refractivity contribution in [3.63, 3.8) is 0 Å². The standard InChI is InChI=1S/C9H18O2/c1-4-9(3)7(2)5-11-6-8(9)10/h7-8,10H,4-6H2,1-3H3. The molecule has 1 N–H and O–H groups in total. The van der Waals surface area contributed by atoms with Crippen LogP contribution in [0.5, 0.6) is 0 Å². The smallest absolute Gasteiger partial charge is 0.0830 e. The SMILES string of the molecule is CCC1(C)C(C)COCC1O. The summed E-state index contributed by atoms with van der Waals surface area (Å²) in [5.41, 5.74) is 0.0677. The Morgan fingerprint density at radius 3 is 2.55 bits per heavy atom. The molecule has 1 saturated heterocycles. The molecule has 1 fully saturated rings. The zero-order chi connectivity index (χ0) is 8.48. The quantitative estimate of drug-likeness (QED) is 0.625. The lowest BCUT2D eigenvalue weighted by Crippen LogP contribution is -2.46. The lowest BCUT2D eigenvalue weighted by Gasteiger charge is -2.42. The van der Waals surface area contributed by atoms with Crippen LogP contribution in [0, 0.1) is 11.3 Å². The second-order valence-corrected chi connectivity index (χ2v) is 3.81. The van der Waals surface area contributed by atoms with E-state index in [0.29, 0.717) is 12.5 Å². The molecule has 0 aliphatic carbocycles. The molecule has 0 saturated carbocycles. The summed E-state index contributed by atoms with van der Waals surface area (Å²) in [7, 11) is 0. The molecule has 0 amide bonds. The van der Waals surface area contributed by atoms with Crippen molar-refractivity contribution in [1.29, 1.82) is 0 Å². The van der Waals surface area contributed by atoms with Crippen molar-refractivity contribution in [2.75, 3.05) is 13.2 Å². The van der Waals surface area contributed by atoms with Gasteiger partial charge in [-0.2, -0.15) is 0 Å². The molecular weight excluding hydrogens is 140 g/mol. The molecule has 0 aromatic rings. The highest BCUT2D eigenvalue weighted by Gasteiger charge is 2.39. The first kappa shape index (κ1) is 9.01. The van der Waals surface area contributed by atoms with Crippen LogP contribution in [-0.4, -0.2) is 24.4 Å². The zero-order valence-corrected chi connectivity index (χ0v) is 7.63. The molecule has 2 heteroatoms. The van der Waals surface area contributed by atoms with Crippen LogP contribution in [0.25, 0.3) is 0 Å². The molecule has 11 heavy (non-hydrogen) atoms. The third-order valence-corrected chi connectivity index (χ3v) is 3.29. The van der Waals surface area contributed by atoms with E-state index in [1.165, 1.54) is 0 Å². The lowest BCUT2D eigenvalue weighted by molar-refractivity contribution is -0.124. The van der Waals surface area contributed by atoms with E-state index < -0.39 is 0 Å². The molecule has 66 valence electrons. The molecule has 1 heterocycles. The molecule has 0 radical (unpaired) electrons. The van der Waals surface area contributed by atoms with Crippen LogP contribution in [0.2, 0.25) is 0 Å². The van der Waals surface area contributed by atoms with Crippen molar-refractivity contribution in [3.05, 3.63) is 0 Å². The van der Waals surface area contributed by atoms with Gasteiger partial charge in [-0.1, -0.05) is 20.8 Å². The van der Waals surface area contributed by atoms with Crippen LogP contribution in [0.1, 0.15) is 27.2 Å². The maximum atomic E-state index is 9.67. The van der Waals surface area contributed by atoms with Gasteiger partial charge >= 0.3 is 0 Å². The molecule has 3 atom stereocenters. The van der Waals surface area contributed by atoms with Gasteiger partial charge in [-0.3, -0.25) is 0 Å². The van der Waals surface area contributed by atoms with Crippen LogP contribution >= 0.6 is 0 Å². The van der Waals surface area contributed by atoms with Crippen molar-refractivity contribution in [1.82, 2.24) is 0 Å². The Bertz CT molecular complexity index is 124. The maximum Gasteiger partial charge on any atom is 0.0830 e. The monoisotopic (exact) mass is 158 g/mol. The molecule has 0 aromatic heterocycles. The minimum Gasteiger partial charge on any atom is -0.390 e. The number of aliphatic hydroxyl groups excluding tert-OH is 1. The highest BCUT2D eigenvalue weighted by Crippen LogP contribution is 2.37. The van der Waals surface area contributed by atoms with Gasteiger partial charge in [0.25, 0.3) is 0 Å². The Morgan fingerprint density at radius 2 is 2.18 bits per heavy atom. The van der Waals surface area contributed by atoms with Gasteiger partial charge in [-0.25, -0.2) is 0 Å². The number of aliphatic hydroxyl groups is 1. The number of hydrogen-bond donors (Lipinski definition) is 1. The van der Waals surface area contributed by atoms with Crippen LogP contribution in [0.3, 0.4) is 0 Å². The van der Waals surface area contributed by atoms with Crippen molar-refractivity contribution in [2.24, 2.45) is 11.3 Å². The Balaban J connectivity index is 2.69. The summed E-state index contributed by atoms with van der Waals surface area (Å²) in [6.07, 6.45) is 0.745. The van der Waals surface area contributed by atoms with E-state index in [4.69, 9.17) is 4.74 Å². The summed E-state index contributed by atoms with van der Waals surface area (Å²) in [5.74, 6) is 0.469. The molecule has 2 nitrogen and oxygen atoms in total. The summed E-state index contributed by atoms with van der Waals surface area (Å²) in [6.45, 7) is 7.72. The number of hydrogen-bond acceptors (Lipinski definition) is 2. The fourth-order valence-corrected chi connectivity index (χ4v) is 1.65. The van der Waals surface area contributed by atoms with Gasteiger partial charge in [0, 0.05) is 12.0 Å². The van der Waals surface area contributed by atoms with Crippen LogP contribution in [0.15, 0.2) is 0 Å². The maximum absolute atomic E-state index is 9.67. The van der Waals surface area contributed by atoms with Crippen LogP contribution < -0.4 is 0 Å². The van der Waals surface area contributed by atoms with Gasteiger partial charge in [0.2, 0.25) is 0 Å². The molecule has 1 aliphatic rings. The molecule has 3 unspecified atom stereocenters. The average molecular weight is 158 g/mol. The Kier molecular flexibility index (Phi) is 2.55. The van der Waals surface area contributed by atoms with E-state index in [2.05, 4.69) is 20.8 Å². The first-order valence-corrected chi connectivity index (χ1v) is 4.37. The summed E-state index contributed by atoms with van der Waals surface area (Å²) < 4.78 is 5.24. The largest absolute Gasteiger partial charge is 0.390 e. The normalized spacial score (nSPS) is 45.8. The van der Waals surface area contributed by atoms with E-state index in [0.717, 1.165) is 13.0 Å². The summed E-state index contributed by atoms with van der Waals surface area (Å²) in [4.78, 5) is 0. The van der Waals surface area contributed by atoms with E-state index >= 15 is 0 Å². The lowest BCUT2D eigenvalue weighted by atomic mass is 9.71. The fourth-order valence-electron chi connectivity index (χ4n) is 1.65. The van der Waals surface area contributed by atoms with Crippen LogP contribution in [0.4, 0.5) is 0 Å². The van der Waals surface area contributed by atoms with Crippen LogP contribution in [-0.2, 0) is 4.74 Å². The number of rotatable bonds is 1. The molecule has 0 aromatic carbocycles. The second kappa shape index (κ2) is 3.11. The fraction of sp³-hybridized carbons (Fsp3) is 1.00. The summed E-state index contributed by atoms with van der Waals surface area (Å²) >= 11 is 0. The molecule has 0 spiro atoms. The van der Waals surface area contributed by atoms with E-state index in [-0.39, 0.29) is 11.5 Å². The van der Waals surface area contributed by atoms with Crippen molar-refractivity contribution >= 4 is 0 Å². The Labute approximate surface area is 68.6 Å². The minimum absolute atomic E-state index is 0.0677. The minimum atomic E-state index is -0.281. The van der Waals surface area contributed by atoms with Gasteiger partial charge < -0.3 is 9.84 Å². The van der Waals surface area contributed by atoms with Crippen molar-refractivity contribution in [3.8, 4) is 0 Å². The Morgan fingerprint density at radius 1 is 1.55 bits per heavy atom. The van der Waals surface area contributed by atoms with Gasteiger partial charge in [0.15, 0.2) is 0 Å². The Hall–Kier alpha value is -0.0800. The molecule has 0 bridgehead atoms. The van der Waals surface area contributed by atoms with Gasteiger partial charge in [-0.15, -0.1) is 0 Å². The number of ether oxygens (including phenoxy) is 1. The highest BCUT2D eigenvalue weighted by atomic mass is 16.5.